The minimum Gasteiger partial charge on any atom is -0.298 e. The fourth-order valence-electron chi connectivity index (χ4n) is 1.56. The van der Waals surface area contributed by atoms with Crippen molar-refractivity contribution in [2.75, 3.05) is 0 Å². The number of hydrogen-bond donors (Lipinski definition) is 0. The number of rotatable bonds is 4. The van der Waals surface area contributed by atoms with E-state index < -0.39 is 16.6 Å². The van der Waals surface area contributed by atoms with Gasteiger partial charge in [-0.2, -0.15) is 13.2 Å². The van der Waals surface area contributed by atoms with Crippen LogP contribution >= 0.6 is 27.5 Å². The number of Topliss-reactive ketones (excluding diaryl/α,β-unsaturated/α-hetero) is 1. The number of carbonyl (C=O) groups is 1. The fourth-order valence-corrected chi connectivity index (χ4v) is 2.64. The van der Waals surface area contributed by atoms with E-state index in [1.165, 1.54) is 6.07 Å². The lowest BCUT2D eigenvalue weighted by Crippen LogP contribution is -2.22. The van der Waals surface area contributed by atoms with Crippen LogP contribution in [0, 0.1) is 5.92 Å². The summed E-state index contributed by atoms with van der Waals surface area (Å²) in [6.07, 6.45) is -4.27. The van der Waals surface area contributed by atoms with Gasteiger partial charge in [-0.25, -0.2) is 0 Å². The first-order valence-electron chi connectivity index (χ1n) is 5.66. The first kappa shape index (κ1) is 16.5. The zero-order valence-electron chi connectivity index (χ0n) is 10.4. The Kier molecular flexibility index (Phi) is 5.44. The van der Waals surface area contributed by atoms with Crippen molar-refractivity contribution in [1.29, 1.82) is 0 Å². The molecular formula is C13H13BrClF3O. The molecule has 1 aromatic rings. The van der Waals surface area contributed by atoms with Crippen LogP contribution in [0.4, 0.5) is 13.2 Å². The number of alkyl halides is 4. The molecule has 0 fully saturated rings. The molecule has 1 atom stereocenters. The Morgan fingerprint density at radius 3 is 2.42 bits per heavy atom. The highest BCUT2D eigenvalue weighted by atomic mass is 79.9. The quantitative estimate of drug-likeness (QED) is 0.701. The molecule has 0 aliphatic carbocycles. The highest BCUT2D eigenvalue weighted by Crippen LogP contribution is 2.32. The summed E-state index contributed by atoms with van der Waals surface area (Å²) < 4.78 is 37.8. The molecule has 0 radical (unpaired) electrons. The van der Waals surface area contributed by atoms with Crippen LogP contribution in [0.2, 0.25) is 5.02 Å². The minimum atomic E-state index is -4.41. The van der Waals surface area contributed by atoms with Crippen LogP contribution in [-0.2, 0) is 17.4 Å². The third-order valence-electron chi connectivity index (χ3n) is 2.65. The van der Waals surface area contributed by atoms with E-state index in [9.17, 15) is 18.0 Å². The van der Waals surface area contributed by atoms with Crippen molar-refractivity contribution in [2.45, 2.75) is 31.3 Å². The maximum Gasteiger partial charge on any atom is 0.416 e. The summed E-state index contributed by atoms with van der Waals surface area (Å²) in [5, 5.41) is 0.231. The standard InChI is InChI=1S/C13H13BrClF3O/c1-7(2)12(19)10(14)6-8-5-9(13(16,17)18)3-4-11(8)15/h3-5,7,10H,6H2,1-2H3. The minimum absolute atomic E-state index is 0.0616. The summed E-state index contributed by atoms with van der Waals surface area (Å²) >= 11 is 9.08. The Balaban J connectivity index is 2.98. The molecule has 0 aromatic heterocycles. The highest BCUT2D eigenvalue weighted by Gasteiger charge is 2.31. The summed E-state index contributed by atoms with van der Waals surface area (Å²) in [7, 11) is 0. The van der Waals surface area contributed by atoms with Crippen LogP contribution in [0.1, 0.15) is 25.0 Å². The monoisotopic (exact) mass is 356 g/mol. The molecule has 0 aliphatic heterocycles. The van der Waals surface area contributed by atoms with E-state index in [-0.39, 0.29) is 23.1 Å². The van der Waals surface area contributed by atoms with Gasteiger partial charge in [-0.3, -0.25) is 4.79 Å². The molecule has 0 spiro atoms. The van der Waals surface area contributed by atoms with Gasteiger partial charge in [0.25, 0.3) is 0 Å². The topological polar surface area (TPSA) is 17.1 Å². The van der Waals surface area contributed by atoms with Crippen LogP contribution in [0.25, 0.3) is 0 Å². The van der Waals surface area contributed by atoms with Crippen molar-refractivity contribution in [1.82, 2.24) is 0 Å². The first-order valence-corrected chi connectivity index (χ1v) is 6.95. The number of hydrogen-bond acceptors (Lipinski definition) is 1. The maximum atomic E-state index is 12.6. The highest BCUT2D eigenvalue weighted by molar-refractivity contribution is 9.10. The van der Waals surface area contributed by atoms with E-state index in [1.54, 1.807) is 13.8 Å². The van der Waals surface area contributed by atoms with Crippen LogP contribution < -0.4 is 0 Å². The van der Waals surface area contributed by atoms with Gasteiger partial charge in [0.2, 0.25) is 0 Å². The molecule has 0 bridgehead atoms. The van der Waals surface area contributed by atoms with E-state index in [0.29, 0.717) is 5.56 Å². The molecule has 19 heavy (non-hydrogen) atoms. The van der Waals surface area contributed by atoms with E-state index in [1.807, 2.05) is 0 Å². The number of carbonyl (C=O) groups excluding carboxylic acids is 1. The van der Waals surface area contributed by atoms with Crippen LogP contribution in [-0.4, -0.2) is 10.6 Å². The molecular weight excluding hydrogens is 344 g/mol. The van der Waals surface area contributed by atoms with Crippen LogP contribution in [0.15, 0.2) is 18.2 Å². The average Bonchev–Trinajstić information content (AvgIpc) is 2.29. The third-order valence-corrected chi connectivity index (χ3v) is 3.79. The average molecular weight is 358 g/mol. The summed E-state index contributed by atoms with van der Waals surface area (Å²) in [4.78, 5) is 11.2. The molecule has 1 unspecified atom stereocenters. The summed E-state index contributed by atoms with van der Waals surface area (Å²) in [6, 6.07) is 3.13. The van der Waals surface area contributed by atoms with Crippen molar-refractivity contribution in [2.24, 2.45) is 5.92 Å². The zero-order chi connectivity index (χ0) is 14.8. The summed E-state index contributed by atoms with van der Waals surface area (Å²) in [5.74, 6) is -0.248. The smallest absolute Gasteiger partial charge is 0.298 e. The van der Waals surface area contributed by atoms with Gasteiger partial charge in [0.15, 0.2) is 0 Å². The molecule has 6 heteroatoms. The van der Waals surface area contributed by atoms with Crippen molar-refractivity contribution in [3.8, 4) is 0 Å². The van der Waals surface area contributed by atoms with Gasteiger partial charge >= 0.3 is 6.18 Å². The normalized spacial score (nSPS) is 13.7. The summed E-state index contributed by atoms with van der Waals surface area (Å²) in [5.41, 5.74) is -0.448. The third kappa shape index (κ3) is 4.49. The Labute approximate surface area is 123 Å². The predicted octanol–water partition coefficient (Wildman–Crippen LogP) is 4.89. The first-order chi connectivity index (χ1) is 8.62. The molecule has 0 amide bonds. The second-order valence-electron chi connectivity index (χ2n) is 4.53. The Morgan fingerprint density at radius 1 is 1.37 bits per heavy atom. The van der Waals surface area contributed by atoms with Gasteiger partial charge in [0, 0.05) is 10.9 Å². The summed E-state index contributed by atoms with van der Waals surface area (Å²) in [6.45, 7) is 3.48. The van der Waals surface area contributed by atoms with Gasteiger partial charge in [-0.15, -0.1) is 0 Å². The van der Waals surface area contributed by atoms with Crippen molar-refractivity contribution >= 4 is 33.3 Å². The lowest BCUT2D eigenvalue weighted by atomic mass is 9.99. The van der Waals surface area contributed by atoms with Crippen molar-refractivity contribution in [3.63, 3.8) is 0 Å². The Bertz CT molecular complexity index is 471. The predicted molar refractivity (Wildman–Crippen MR) is 72.7 cm³/mol. The molecule has 106 valence electrons. The second-order valence-corrected chi connectivity index (χ2v) is 6.05. The molecule has 0 heterocycles. The second kappa shape index (κ2) is 6.27. The van der Waals surface area contributed by atoms with Crippen molar-refractivity contribution < 1.29 is 18.0 Å². The lowest BCUT2D eigenvalue weighted by Gasteiger charge is -2.14. The van der Waals surface area contributed by atoms with Crippen LogP contribution in [0.5, 0.6) is 0 Å². The van der Waals surface area contributed by atoms with Crippen LogP contribution in [0.3, 0.4) is 0 Å². The van der Waals surface area contributed by atoms with E-state index in [2.05, 4.69) is 15.9 Å². The van der Waals surface area contributed by atoms with E-state index in [4.69, 9.17) is 11.6 Å². The fraction of sp³-hybridized carbons (Fsp3) is 0.462. The van der Waals surface area contributed by atoms with Gasteiger partial charge in [-0.1, -0.05) is 41.4 Å². The molecule has 1 nitrogen and oxygen atoms in total. The SMILES string of the molecule is CC(C)C(=O)C(Br)Cc1cc(C(F)(F)F)ccc1Cl. The molecule has 1 aromatic carbocycles. The maximum absolute atomic E-state index is 12.6. The largest absolute Gasteiger partial charge is 0.416 e. The number of benzene rings is 1. The van der Waals surface area contributed by atoms with Gasteiger partial charge in [0.05, 0.1) is 10.4 Å². The Hall–Kier alpha value is -0.550. The van der Waals surface area contributed by atoms with Gasteiger partial charge in [0.1, 0.15) is 5.78 Å². The van der Waals surface area contributed by atoms with Crippen molar-refractivity contribution in [3.05, 3.63) is 34.3 Å². The molecule has 0 N–H and O–H groups in total. The van der Waals surface area contributed by atoms with E-state index >= 15 is 0 Å². The van der Waals surface area contributed by atoms with E-state index in [0.717, 1.165) is 12.1 Å². The zero-order valence-corrected chi connectivity index (χ0v) is 12.7. The Morgan fingerprint density at radius 2 is 1.95 bits per heavy atom. The van der Waals surface area contributed by atoms with Gasteiger partial charge < -0.3 is 0 Å². The molecule has 0 saturated heterocycles. The number of ketones is 1. The molecule has 0 saturated carbocycles. The molecule has 0 aliphatic rings. The lowest BCUT2D eigenvalue weighted by molar-refractivity contribution is -0.137. The number of halogens is 5. The molecule has 1 rings (SSSR count). The van der Waals surface area contributed by atoms with Gasteiger partial charge in [-0.05, 0) is 30.2 Å².